The Morgan fingerprint density at radius 2 is 1.84 bits per heavy atom. The fourth-order valence-electron chi connectivity index (χ4n) is 4.04. The second-order valence-electron chi connectivity index (χ2n) is 8.66. The minimum atomic E-state index is -1.13. The number of thiazole rings is 1. The molecular weight excluding hydrogens is 551 g/mol. The number of anilines is 1. The summed E-state index contributed by atoms with van der Waals surface area (Å²) in [6.07, 6.45) is -0.0481. The first-order chi connectivity index (χ1) is 18.0. The van der Waals surface area contributed by atoms with Crippen LogP contribution in [0.4, 0.5) is 5.13 Å². The molecule has 0 radical (unpaired) electrons. The normalized spacial score (nSPS) is 16.8. The molecule has 4 rings (SSSR count). The summed E-state index contributed by atoms with van der Waals surface area (Å²) in [6.45, 7) is 7.22. The number of halogens is 2. The Kier molecular flexibility index (Phi) is 8.10. The molecule has 1 unspecified atom stereocenters. The SMILES string of the molecule is CCOC(=O)c1sc(N2C(=O)C(=O)/C(=C(/O)c3ccc(OC(C)C)cc3)C2c2ccc(Cl)cc2Cl)nc1C. The van der Waals surface area contributed by atoms with Crippen molar-refractivity contribution in [1.82, 2.24) is 4.98 Å². The van der Waals surface area contributed by atoms with Gasteiger partial charge in [-0.3, -0.25) is 14.5 Å². The average molecular weight is 575 g/mol. The van der Waals surface area contributed by atoms with Crippen molar-refractivity contribution < 1.29 is 29.0 Å². The summed E-state index contributed by atoms with van der Waals surface area (Å²) in [5.74, 6) is -2.25. The zero-order chi connectivity index (χ0) is 27.7. The fraction of sp³-hybridized carbons (Fsp3) is 0.259. The molecule has 11 heteroatoms. The monoisotopic (exact) mass is 574 g/mol. The van der Waals surface area contributed by atoms with Crippen LogP contribution in [0.3, 0.4) is 0 Å². The first-order valence-electron chi connectivity index (χ1n) is 11.7. The number of aliphatic hydroxyl groups excluding tert-OH is 1. The molecule has 2 aromatic carbocycles. The van der Waals surface area contributed by atoms with Crippen LogP contribution in [0.2, 0.25) is 10.0 Å². The van der Waals surface area contributed by atoms with Crippen molar-refractivity contribution in [3.63, 3.8) is 0 Å². The molecule has 1 aromatic heterocycles. The number of aliphatic hydroxyl groups is 1. The smallest absolute Gasteiger partial charge is 0.350 e. The molecule has 1 N–H and O–H groups in total. The summed E-state index contributed by atoms with van der Waals surface area (Å²) >= 11 is 13.5. The van der Waals surface area contributed by atoms with Crippen molar-refractivity contribution in [2.75, 3.05) is 11.5 Å². The number of aromatic nitrogens is 1. The van der Waals surface area contributed by atoms with Gasteiger partial charge in [0.1, 0.15) is 16.4 Å². The van der Waals surface area contributed by atoms with E-state index >= 15 is 0 Å². The van der Waals surface area contributed by atoms with Gasteiger partial charge < -0.3 is 14.6 Å². The lowest BCUT2D eigenvalue weighted by Crippen LogP contribution is -2.29. The van der Waals surface area contributed by atoms with Crippen LogP contribution in [0.25, 0.3) is 5.76 Å². The van der Waals surface area contributed by atoms with E-state index in [4.69, 9.17) is 32.7 Å². The van der Waals surface area contributed by atoms with Gasteiger partial charge in [-0.1, -0.05) is 40.6 Å². The van der Waals surface area contributed by atoms with Crippen LogP contribution >= 0.6 is 34.5 Å². The van der Waals surface area contributed by atoms with Gasteiger partial charge in [-0.15, -0.1) is 0 Å². The van der Waals surface area contributed by atoms with Gasteiger partial charge in [0.05, 0.1) is 30.0 Å². The first kappa shape index (κ1) is 27.6. The molecule has 1 aliphatic heterocycles. The third-order valence-corrected chi connectivity index (χ3v) is 7.35. The Morgan fingerprint density at radius 1 is 1.16 bits per heavy atom. The zero-order valence-corrected chi connectivity index (χ0v) is 23.3. The number of rotatable bonds is 7. The minimum Gasteiger partial charge on any atom is -0.507 e. The number of ketones is 1. The molecule has 1 atom stereocenters. The first-order valence-corrected chi connectivity index (χ1v) is 13.3. The molecule has 1 saturated heterocycles. The van der Waals surface area contributed by atoms with E-state index < -0.39 is 29.5 Å². The summed E-state index contributed by atoms with van der Waals surface area (Å²) in [6, 6.07) is 9.99. The molecule has 1 amide bonds. The van der Waals surface area contributed by atoms with E-state index in [2.05, 4.69) is 4.98 Å². The van der Waals surface area contributed by atoms with E-state index in [1.54, 1.807) is 50.2 Å². The third kappa shape index (κ3) is 5.27. The molecule has 38 heavy (non-hydrogen) atoms. The molecule has 198 valence electrons. The number of nitrogens with zero attached hydrogens (tertiary/aromatic N) is 2. The van der Waals surface area contributed by atoms with Gasteiger partial charge in [-0.05, 0) is 69.7 Å². The van der Waals surface area contributed by atoms with Crippen LogP contribution in [0.1, 0.15) is 53.3 Å². The number of aryl methyl sites for hydroxylation is 1. The second-order valence-corrected chi connectivity index (χ2v) is 10.5. The lowest BCUT2D eigenvalue weighted by molar-refractivity contribution is -0.132. The Bertz CT molecular complexity index is 1450. The molecule has 3 aromatic rings. The number of benzene rings is 2. The molecule has 2 heterocycles. The average Bonchev–Trinajstić information content (AvgIpc) is 3.36. The number of carbonyl (C=O) groups is 3. The highest BCUT2D eigenvalue weighted by Crippen LogP contribution is 2.46. The Labute approximate surface area is 233 Å². The highest BCUT2D eigenvalue weighted by atomic mass is 35.5. The predicted molar refractivity (Wildman–Crippen MR) is 146 cm³/mol. The van der Waals surface area contributed by atoms with Gasteiger partial charge >= 0.3 is 11.9 Å². The van der Waals surface area contributed by atoms with Crippen LogP contribution in [-0.4, -0.2) is 40.5 Å². The molecule has 8 nitrogen and oxygen atoms in total. The van der Waals surface area contributed by atoms with Gasteiger partial charge in [0, 0.05) is 15.6 Å². The van der Waals surface area contributed by atoms with E-state index in [-0.39, 0.29) is 33.3 Å². The van der Waals surface area contributed by atoms with E-state index in [1.165, 1.54) is 6.07 Å². The van der Waals surface area contributed by atoms with Crippen molar-refractivity contribution in [2.45, 2.75) is 39.8 Å². The van der Waals surface area contributed by atoms with Crippen LogP contribution in [0.15, 0.2) is 48.0 Å². The maximum Gasteiger partial charge on any atom is 0.350 e. The second kappa shape index (κ2) is 11.1. The van der Waals surface area contributed by atoms with E-state index in [0.717, 1.165) is 16.2 Å². The number of esters is 1. The third-order valence-electron chi connectivity index (χ3n) is 5.65. The fourth-order valence-corrected chi connectivity index (χ4v) is 5.54. The maximum absolute atomic E-state index is 13.4. The number of amides is 1. The van der Waals surface area contributed by atoms with Gasteiger partial charge in [0.15, 0.2) is 5.13 Å². The highest BCUT2D eigenvalue weighted by molar-refractivity contribution is 7.17. The Hall–Kier alpha value is -3.40. The van der Waals surface area contributed by atoms with Crippen LogP contribution in [0, 0.1) is 6.92 Å². The lowest BCUT2D eigenvalue weighted by atomic mass is 9.95. The highest BCUT2D eigenvalue weighted by Gasteiger charge is 2.49. The van der Waals surface area contributed by atoms with E-state index in [1.807, 2.05) is 13.8 Å². The number of carbonyl (C=O) groups excluding carboxylic acids is 3. The van der Waals surface area contributed by atoms with Crippen molar-refractivity contribution >= 4 is 63.1 Å². The lowest BCUT2D eigenvalue weighted by Gasteiger charge is -2.24. The molecule has 1 aliphatic rings. The van der Waals surface area contributed by atoms with Crippen LogP contribution < -0.4 is 9.64 Å². The molecule has 0 saturated carbocycles. The predicted octanol–water partition coefficient (Wildman–Crippen LogP) is 6.35. The zero-order valence-electron chi connectivity index (χ0n) is 21.0. The van der Waals surface area contributed by atoms with Crippen molar-refractivity contribution in [2.24, 2.45) is 0 Å². The summed E-state index contributed by atoms with van der Waals surface area (Å²) < 4.78 is 10.7. The van der Waals surface area contributed by atoms with Crippen molar-refractivity contribution in [3.05, 3.63) is 79.8 Å². The van der Waals surface area contributed by atoms with Gasteiger partial charge in [0.25, 0.3) is 5.78 Å². The van der Waals surface area contributed by atoms with Gasteiger partial charge in [-0.2, -0.15) is 0 Å². The summed E-state index contributed by atoms with van der Waals surface area (Å²) in [5, 5.41) is 11.9. The topological polar surface area (TPSA) is 106 Å². The molecule has 1 fully saturated rings. The minimum absolute atomic E-state index is 0.0481. The van der Waals surface area contributed by atoms with E-state index in [9.17, 15) is 19.5 Å². The van der Waals surface area contributed by atoms with Crippen molar-refractivity contribution in [3.8, 4) is 5.75 Å². The number of ether oxygens (including phenoxy) is 2. The standard InChI is InChI=1S/C27H24Cl2N2O6S/c1-5-36-26(35)24-14(4)30-27(38-24)31-21(18-11-8-16(28)12-19(18)29)20(23(33)25(31)34)22(32)15-6-9-17(10-7-15)37-13(2)3/h6-13,21,32H,5H2,1-4H3/b22-20+. The van der Waals surface area contributed by atoms with Crippen molar-refractivity contribution in [1.29, 1.82) is 0 Å². The quantitative estimate of drug-likeness (QED) is 0.152. The summed E-state index contributed by atoms with van der Waals surface area (Å²) in [4.78, 5) is 44.9. The van der Waals surface area contributed by atoms with Crippen LogP contribution in [-0.2, 0) is 14.3 Å². The number of Topliss-reactive ketones (excluding diaryl/α,β-unsaturated/α-hetero) is 1. The summed E-state index contributed by atoms with van der Waals surface area (Å²) in [7, 11) is 0. The van der Waals surface area contributed by atoms with Crippen LogP contribution in [0.5, 0.6) is 5.75 Å². The molecular formula is C27H24Cl2N2O6S. The molecule has 0 spiro atoms. The number of hydrogen-bond donors (Lipinski definition) is 1. The van der Waals surface area contributed by atoms with Gasteiger partial charge in [0.2, 0.25) is 0 Å². The Balaban J connectivity index is 1.89. The molecule has 0 aliphatic carbocycles. The summed E-state index contributed by atoms with van der Waals surface area (Å²) in [5.41, 5.74) is 0.813. The Morgan fingerprint density at radius 3 is 2.45 bits per heavy atom. The van der Waals surface area contributed by atoms with E-state index in [0.29, 0.717) is 27.6 Å². The number of hydrogen-bond acceptors (Lipinski definition) is 8. The molecule has 0 bridgehead atoms. The van der Waals surface area contributed by atoms with Gasteiger partial charge in [-0.25, -0.2) is 9.78 Å². The largest absolute Gasteiger partial charge is 0.507 e. The maximum atomic E-state index is 13.4.